The number of carbonyl (C=O) groups is 1. The zero-order valence-corrected chi connectivity index (χ0v) is 22.6. The van der Waals surface area contributed by atoms with Crippen molar-refractivity contribution in [2.45, 2.75) is 13.2 Å². The van der Waals surface area contributed by atoms with Crippen molar-refractivity contribution in [1.29, 1.82) is 0 Å². The first kappa shape index (κ1) is 27.3. The lowest BCUT2D eigenvalue weighted by molar-refractivity contribution is -0.0494. The van der Waals surface area contributed by atoms with E-state index in [-0.39, 0.29) is 28.3 Å². The van der Waals surface area contributed by atoms with Gasteiger partial charge in [0.15, 0.2) is 5.65 Å². The van der Waals surface area contributed by atoms with Crippen LogP contribution in [0.1, 0.15) is 15.9 Å². The molecule has 13 heteroatoms. The highest BCUT2D eigenvalue weighted by Crippen LogP contribution is 2.38. The monoisotopic (exact) mass is 575 g/mol. The molecule has 6 rings (SSSR count). The summed E-state index contributed by atoms with van der Waals surface area (Å²) in [5.74, 6) is 0.343. The van der Waals surface area contributed by atoms with Crippen molar-refractivity contribution >= 4 is 17.2 Å². The number of aromatic nitrogens is 5. The highest BCUT2D eigenvalue weighted by molar-refractivity contribution is 6.09. The molecule has 1 N–H and O–H groups in total. The Balaban J connectivity index is 1.26. The van der Waals surface area contributed by atoms with Crippen molar-refractivity contribution in [2.75, 3.05) is 31.6 Å². The Morgan fingerprint density at radius 1 is 1.12 bits per heavy atom. The van der Waals surface area contributed by atoms with E-state index in [0.29, 0.717) is 17.1 Å². The summed E-state index contributed by atoms with van der Waals surface area (Å²) in [5.41, 5.74) is 2.46. The highest BCUT2D eigenvalue weighted by atomic mass is 19.3. The van der Waals surface area contributed by atoms with E-state index in [9.17, 15) is 13.6 Å². The quantitative estimate of drug-likeness (QED) is 0.272. The van der Waals surface area contributed by atoms with Gasteiger partial charge in [0, 0.05) is 45.3 Å². The van der Waals surface area contributed by atoms with Crippen LogP contribution in [-0.4, -0.2) is 68.1 Å². The van der Waals surface area contributed by atoms with Crippen LogP contribution in [0.2, 0.25) is 0 Å². The van der Waals surface area contributed by atoms with E-state index in [1.807, 2.05) is 24.3 Å². The van der Waals surface area contributed by atoms with Gasteiger partial charge in [-0.3, -0.25) is 14.4 Å². The molecule has 0 spiro atoms. The molecule has 0 atom stereocenters. The van der Waals surface area contributed by atoms with Crippen molar-refractivity contribution < 1.29 is 27.8 Å². The molecule has 0 saturated carbocycles. The van der Waals surface area contributed by atoms with Gasteiger partial charge in [0.25, 0.3) is 5.91 Å². The molecular weight excluding hydrogens is 548 g/mol. The third-order valence-corrected chi connectivity index (χ3v) is 6.69. The van der Waals surface area contributed by atoms with Crippen molar-refractivity contribution in [3.05, 3.63) is 84.4 Å². The number of nitrogens with one attached hydrogen (secondary N) is 1. The van der Waals surface area contributed by atoms with E-state index in [1.165, 1.54) is 27.5 Å². The number of morpholine rings is 1. The number of halogens is 2. The minimum atomic E-state index is -3.07. The van der Waals surface area contributed by atoms with Crippen molar-refractivity contribution in [3.8, 4) is 28.5 Å². The van der Waals surface area contributed by atoms with Gasteiger partial charge in [-0.25, -0.2) is 9.50 Å². The zero-order chi connectivity index (χ0) is 29.1. The fourth-order valence-corrected chi connectivity index (χ4v) is 4.73. The van der Waals surface area contributed by atoms with Gasteiger partial charge in [-0.1, -0.05) is 12.1 Å². The second kappa shape index (κ2) is 11.9. The molecule has 1 aliphatic heterocycles. The van der Waals surface area contributed by atoms with Crippen molar-refractivity contribution in [3.63, 3.8) is 0 Å². The number of anilines is 1. The molecule has 5 aromatic rings. The van der Waals surface area contributed by atoms with Gasteiger partial charge in [0.2, 0.25) is 0 Å². The molecule has 0 radical (unpaired) electrons. The van der Waals surface area contributed by atoms with E-state index in [4.69, 9.17) is 14.2 Å². The summed E-state index contributed by atoms with van der Waals surface area (Å²) in [7, 11) is 1.66. The number of fused-ring (bicyclic) bond motifs is 1. The first-order valence-electron chi connectivity index (χ1n) is 13.2. The van der Waals surface area contributed by atoms with Crippen LogP contribution >= 0.6 is 0 Å². The molecule has 0 unspecified atom stereocenters. The van der Waals surface area contributed by atoms with Crippen LogP contribution in [0.25, 0.3) is 16.9 Å². The molecule has 216 valence electrons. The maximum atomic E-state index is 13.3. The third-order valence-electron chi connectivity index (χ3n) is 6.69. The highest BCUT2D eigenvalue weighted by Gasteiger charge is 2.22. The van der Waals surface area contributed by atoms with Gasteiger partial charge in [0.1, 0.15) is 28.5 Å². The van der Waals surface area contributed by atoms with Crippen LogP contribution in [0.4, 0.5) is 14.5 Å². The first-order valence-corrected chi connectivity index (χ1v) is 13.2. The summed E-state index contributed by atoms with van der Waals surface area (Å²) in [5, 5.41) is 11.4. The van der Waals surface area contributed by atoms with Crippen molar-refractivity contribution in [1.82, 2.24) is 29.3 Å². The number of amides is 1. The smallest absolute Gasteiger partial charge is 0.387 e. The van der Waals surface area contributed by atoms with Gasteiger partial charge in [0.05, 0.1) is 30.7 Å². The lowest BCUT2D eigenvalue weighted by Crippen LogP contribution is -2.35. The van der Waals surface area contributed by atoms with Crippen LogP contribution in [0, 0.1) is 0 Å². The Morgan fingerprint density at radius 2 is 1.90 bits per heavy atom. The summed E-state index contributed by atoms with van der Waals surface area (Å²) < 4.78 is 45.9. The summed E-state index contributed by atoms with van der Waals surface area (Å²) in [6.45, 7) is 0.983. The maximum Gasteiger partial charge on any atom is 0.387 e. The number of ether oxygens (including phenoxy) is 3. The van der Waals surface area contributed by atoms with E-state index in [0.717, 1.165) is 38.4 Å². The number of hydrogen-bond donors (Lipinski definition) is 1. The minimum absolute atomic E-state index is 0.120. The molecule has 2 aromatic carbocycles. The summed E-state index contributed by atoms with van der Waals surface area (Å²) in [4.78, 5) is 19.7. The van der Waals surface area contributed by atoms with Gasteiger partial charge in [-0.2, -0.15) is 19.0 Å². The van der Waals surface area contributed by atoms with E-state index in [2.05, 4.69) is 25.4 Å². The number of alkyl halides is 2. The number of hydrogen-bond acceptors (Lipinski definition) is 8. The molecule has 1 fully saturated rings. The summed E-state index contributed by atoms with van der Waals surface area (Å²) in [6.07, 6.45) is 6.20. The van der Waals surface area contributed by atoms with Gasteiger partial charge in [-0.15, -0.1) is 0 Å². The minimum Gasteiger partial charge on any atom is -0.457 e. The van der Waals surface area contributed by atoms with E-state index in [1.54, 1.807) is 37.8 Å². The Hall–Kier alpha value is -4.88. The third kappa shape index (κ3) is 6.06. The zero-order valence-electron chi connectivity index (χ0n) is 22.6. The predicted molar refractivity (Wildman–Crippen MR) is 149 cm³/mol. The van der Waals surface area contributed by atoms with Crippen LogP contribution in [0.5, 0.6) is 17.2 Å². The molecule has 0 bridgehead atoms. The number of nitrogens with zero attached hydrogens (tertiary/aromatic N) is 6. The van der Waals surface area contributed by atoms with E-state index >= 15 is 0 Å². The standard InChI is InChI=1S/C29H27F2N7O4/c1-36-18-24(34-28(39)23-16-33-38-10-2-9-32-27(23)38)26(35-36)22-15-21(7-8-25(22)42-29(30)31)41-20-5-3-19(4-6-20)17-37-11-13-40-14-12-37/h2-10,15-16,18,29H,11-14,17H2,1H3,(H,34,39). The molecule has 11 nitrogen and oxygen atoms in total. The topological polar surface area (TPSA) is 108 Å². The fraction of sp³-hybridized carbons (Fsp3) is 0.241. The molecule has 4 heterocycles. The van der Waals surface area contributed by atoms with Gasteiger partial charge in [-0.05, 0) is 42.0 Å². The molecule has 3 aromatic heterocycles. The Morgan fingerprint density at radius 3 is 2.69 bits per heavy atom. The lowest BCUT2D eigenvalue weighted by Gasteiger charge is -2.26. The number of carbonyl (C=O) groups excluding carboxylic acids is 1. The Bertz CT molecular complexity index is 1700. The van der Waals surface area contributed by atoms with Gasteiger partial charge < -0.3 is 19.5 Å². The first-order chi connectivity index (χ1) is 20.4. The average Bonchev–Trinajstić information content (AvgIpc) is 3.58. The number of aryl methyl sites for hydroxylation is 1. The molecule has 1 saturated heterocycles. The van der Waals surface area contributed by atoms with Crippen molar-refractivity contribution in [2.24, 2.45) is 7.05 Å². The van der Waals surface area contributed by atoms with Crippen LogP contribution in [-0.2, 0) is 18.3 Å². The normalized spacial score (nSPS) is 13.9. The summed E-state index contributed by atoms with van der Waals surface area (Å²) in [6, 6.07) is 13.9. The van der Waals surface area contributed by atoms with E-state index < -0.39 is 12.5 Å². The number of rotatable bonds is 9. The molecule has 1 aliphatic rings. The molecule has 1 amide bonds. The van der Waals surface area contributed by atoms with Crippen LogP contribution in [0.3, 0.4) is 0 Å². The maximum absolute atomic E-state index is 13.3. The second-order valence-electron chi connectivity index (χ2n) is 9.64. The molecular formula is C29H27F2N7O4. The molecule has 42 heavy (non-hydrogen) atoms. The summed E-state index contributed by atoms with van der Waals surface area (Å²) >= 11 is 0. The van der Waals surface area contributed by atoms with Crippen LogP contribution in [0.15, 0.2) is 73.3 Å². The predicted octanol–water partition coefficient (Wildman–Crippen LogP) is 4.61. The SMILES string of the molecule is Cn1cc(NC(=O)c2cnn3cccnc23)c(-c2cc(Oc3ccc(CN4CCOCC4)cc3)ccc2OC(F)F)n1. The Labute approximate surface area is 239 Å². The number of benzene rings is 2. The largest absolute Gasteiger partial charge is 0.457 e. The molecule has 0 aliphatic carbocycles. The Kier molecular flexibility index (Phi) is 7.75. The fourth-order valence-electron chi connectivity index (χ4n) is 4.73. The second-order valence-corrected chi connectivity index (χ2v) is 9.64. The lowest BCUT2D eigenvalue weighted by atomic mass is 10.1. The van der Waals surface area contributed by atoms with Gasteiger partial charge >= 0.3 is 6.61 Å². The average molecular weight is 576 g/mol. The van der Waals surface area contributed by atoms with Crippen LogP contribution < -0.4 is 14.8 Å².